The summed E-state index contributed by atoms with van der Waals surface area (Å²) in [7, 11) is -3.04. The molecule has 0 amide bonds. The van der Waals surface area contributed by atoms with E-state index in [1.807, 2.05) is 0 Å². The van der Waals surface area contributed by atoms with Gasteiger partial charge in [-0.1, -0.05) is 13.8 Å². The number of hydrogen-bond acceptors (Lipinski definition) is 4. The summed E-state index contributed by atoms with van der Waals surface area (Å²) >= 11 is 0. The number of rotatable bonds is 8. The second-order valence-electron chi connectivity index (χ2n) is 6.42. The maximum absolute atomic E-state index is 11.7. The predicted octanol–water partition coefficient (Wildman–Crippen LogP) is 0.965. The molecular formula is C14H31N3O2S. The van der Waals surface area contributed by atoms with E-state index < -0.39 is 10.0 Å². The SMILES string of the molecule is CC(C)CN(CCCN)CC1CCCN(S(C)(=O)=O)C1. The fourth-order valence-corrected chi connectivity index (χ4v) is 3.87. The largest absolute Gasteiger partial charge is 0.330 e. The maximum atomic E-state index is 11.7. The van der Waals surface area contributed by atoms with Crippen molar-refractivity contribution in [3.05, 3.63) is 0 Å². The average Bonchev–Trinajstić information content (AvgIpc) is 2.34. The minimum absolute atomic E-state index is 0.454. The molecule has 1 unspecified atom stereocenters. The van der Waals surface area contributed by atoms with Gasteiger partial charge in [-0.25, -0.2) is 12.7 Å². The first kappa shape index (κ1) is 17.9. The van der Waals surface area contributed by atoms with E-state index in [0.29, 0.717) is 31.5 Å². The third-order valence-corrected chi connectivity index (χ3v) is 5.04. The highest BCUT2D eigenvalue weighted by Crippen LogP contribution is 2.20. The van der Waals surface area contributed by atoms with Crippen molar-refractivity contribution in [2.75, 3.05) is 45.5 Å². The average molecular weight is 305 g/mol. The molecule has 1 rings (SSSR count). The standard InChI is InChI=1S/C14H31N3O2S/c1-13(2)10-16(8-5-7-15)11-14-6-4-9-17(12-14)20(3,18)19/h13-14H,4-12,15H2,1-3H3. The zero-order valence-electron chi connectivity index (χ0n) is 13.2. The highest BCUT2D eigenvalue weighted by Gasteiger charge is 2.27. The topological polar surface area (TPSA) is 66.6 Å². The maximum Gasteiger partial charge on any atom is 0.211 e. The van der Waals surface area contributed by atoms with E-state index in [2.05, 4.69) is 18.7 Å². The molecule has 0 aromatic carbocycles. The van der Waals surface area contributed by atoms with Gasteiger partial charge in [-0.05, 0) is 44.2 Å². The zero-order chi connectivity index (χ0) is 15.2. The lowest BCUT2D eigenvalue weighted by atomic mass is 9.98. The molecule has 0 radical (unpaired) electrons. The van der Waals surface area contributed by atoms with Gasteiger partial charge in [-0.15, -0.1) is 0 Å². The monoisotopic (exact) mass is 305 g/mol. The van der Waals surface area contributed by atoms with Crippen LogP contribution in [0.25, 0.3) is 0 Å². The smallest absolute Gasteiger partial charge is 0.211 e. The Hall–Kier alpha value is -0.170. The number of nitrogens with two attached hydrogens (primary N) is 1. The summed E-state index contributed by atoms with van der Waals surface area (Å²) in [5.74, 6) is 1.08. The van der Waals surface area contributed by atoms with Crippen LogP contribution in [0.4, 0.5) is 0 Å². The van der Waals surface area contributed by atoms with Crippen molar-refractivity contribution in [2.45, 2.75) is 33.1 Å². The van der Waals surface area contributed by atoms with Gasteiger partial charge < -0.3 is 10.6 Å². The molecule has 0 spiro atoms. The van der Waals surface area contributed by atoms with Gasteiger partial charge in [0.1, 0.15) is 0 Å². The van der Waals surface area contributed by atoms with E-state index in [4.69, 9.17) is 5.73 Å². The van der Waals surface area contributed by atoms with Gasteiger partial charge in [-0.2, -0.15) is 0 Å². The molecule has 6 heteroatoms. The van der Waals surface area contributed by atoms with E-state index >= 15 is 0 Å². The number of sulfonamides is 1. The first-order valence-electron chi connectivity index (χ1n) is 7.70. The van der Waals surface area contributed by atoms with Crippen LogP contribution in [0.2, 0.25) is 0 Å². The quantitative estimate of drug-likeness (QED) is 0.725. The van der Waals surface area contributed by atoms with Gasteiger partial charge in [0.2, 0.25) is 10.0 Å². The Kier molecular flexibility index (Phi) is 7.43. The van der Waals surface area contributed by atoms with Crippen LogP contribution >= 0.6 is 0 Å². The second kappa shape index (κ2) is 8.32. The fraction of sp³-hybridized carbons (Fsp3) is 1.00. The molecule has 0 aliphatic carbocycles. The van der Waals surface area contributed by atoms with E-state index in [1.165, 1.54) is 6.26 Å². The van der Waals surface area contributed by atoms with Crippen molar-refractivity contribution in [1.82, 2.24) is 9.21 Å². The first-order chi connectivity index (χ1) is 9.32. The molecular weight excluding hydrogens is 274 g/mol. The predicted molar refractivity (Wildman–Crippen MR) is 84.1 cm³/mol. The molecule has 120 valence electrons. The summed E-state index contributed by atoms with van der Waals surface area (Å²) in [5, 5.41) is 0. The summed E-state index contributed by atoms with van der Waals surface area (Å²) < 4.78 is 25.0. The lowest BCUT2D eigenvalue weighted by Gasteiger charge is -2.35. The van der Waals surface area contributed by atoms with Crippen LogP contribution in [-0.4, -0.2) is 63.1 Å². The van der Waals surface area contributed by atoms with Gasteiger partial charge in [0.25, 0.3) is 0 Å². The lowest BCUT2D eigenvalue weighted by Crippen LogP contribution is -2.44. The van der Waals surface area contributed by atoms with Gasteiger partial charge in [0.05, 0.1) is 6.26 Å². The number of hydrogen-bond donors (Lipinski definition) is 1. The molecule has 1 atom stereocenters. The van der Waals surface area contributed by atoms with Gasteiger partial charge in [0, 0.05) is 26.2 Å². The Morgan fingerprint density at radius 1 is 1.40 bits per heavy atom. The van der Waals surface area contributed by atoms with E-state index in [1.54, 1.807) is 4.31 Å². The lowest BCUT2D eigenvalue weighted by molar-refractivity contribution is 0.165. The Morgan fingerprint density at radius 2 is 2.10 bits per heavy atom. The van der Waals surface area contributed by atoms with Crippen molar-refractivity contribution in [1.29, 1.82) is 0 Å². The third-order valence-electron chi connectivity index (χ3n) is 3.77. The van der Waals surface area contributed by atoms with Crippen LogP contribution in [0.5, 0.6) is 0 Å². The van der Waals surface area contributed by atoms with Crippen molar-refractivity contribution in [2.24, 2.45) is 17.6 Å². The Morgan fingerprint density at radius 3 is 2.65 bits per heavy atom. The number of nitrogens with zero attached hydrogens (tertiary/aromatic N) is 2. The highest BCUT2D eigenvalue weighted by atomic mass is 32.2. The van der Waals surface area contributed by atoms with E-state index in [0.717, 1.165) is 38.9 Å². The van der Waals surface area contributed by atoms with Crippen LogP contribution in [0.15, 0.2) is 0 Å². The zero-order valence-corrected chi connectivity index (χ0v) is 14.0. The number of piperidine rings is 1. The summed E-state index contributed by atoms with van der Waals surface area (Å²) in [4.78, 5) is 2.45. The first-order valence-corrected chi connectivity index (χ1v) is 9.55. The van der Waals surface area contributed by atoms with E-state index in [9.17, 15) is 8.42 Å². The minimum Gasteiger partial charge on any atom is -0.330 e. The molecule has 0 saturated carbocycles. The summed E-state index contributed by atoms with van der Waals surface area (Å²) in [6.07, 6.45) is 4.43. The van der Waals surface area contributed by atoms with Crippen molar-refractivity contribution < 1.29 is 8.42 Å². The molecule has 1 aliphatic heterocycles. The van der Waals surface area contributed by atoms with Crippen LogP contribution in [0.3, 0.4) is 0 Å². The van der Waals surface area contributed by atoms with Crippen molar-refractivity contribution >= 4 is 10.0 Å². The van der Waals surface area contributed by atoms with Crippen molar-refractivity contribution in [3.63, 3.8) is 0 Å². The molecule has 0 aromatic rings. The third kappa shape index (κ3) is 6.52. The van der Waals surface area contributed by atoms with Gasteiger partial charge in [-0.3, -0.25) is 0 Å². The molecule has 0 aromatic heterocycles. The van der Waals surface area contributed by atoms with Crippen LogP contribution in [-0.2, 0) is 10.0 Å². The Bertz CT molecular complexity index is 371. The summed E-state index contributed by atoms with van der Waals surface area (Å²) in [6.45, 7) is 9.59. The molecule has 1 heterocycles. The Labute approximate surface area is 124 Å². The van der Waals surface area contributed by atoms with Crippen LogP contribution < -0.4 is 5.73 Å². The van der Waals surface area contributed by atoms with E-state index in [-0.39, 0.29) is 0 Å². The van der Waals surface area contributed by atoms with Crippen LogP contribution in [0.1, 0.15) is 33.1 Å². The fourth-order valence-electron chi connectivity index (χ4n) is 2.93. The highest BCUT2D eigenvalue weighted by molar-refractivity contribution is 7.88. The molecule has 1 saturated heterocycles. The summed E-state index contributed by atoms with van der Waals surface area (Å²) in [6, 6.07) is 0. The van der Waals surface area contributed by atoms with Crippen molar-refractivity contribution in [3.8, 4) is 0 Å². The summed E-state index contributed by atoms with van der Waals surface area (Å²) in [5.41, 5.74) is 5.61. The molecule has 1 aliphatic rings. The second-order valence-corrected chi connectivity index (χ2v) is 8.41. The van der Waals surface area contributed by atoms with Gasteiger partial charge in [0.15, 0.2) is 0 Å². The molecule has 20 heavy (non-hydrogen) atoms. The van der Waals surface area contributed by atoms with Gasteiger partial charge >= 0.3 is 0 Å². The minimum atomic E-state index is -3.04. The Balaban J connectivity index is 2.54. The molecule has 5 nitrogen and oxygen atoms in total. The normalized spacial score (nSPS) is 21.8. The molecule has 2 N–H and O–H groups in total. The molecule has 1 fully saturated rings. The molecule has 0 bridgehead atoms. The van der Waals surface area contributed by atoms with Crippen LogP contribution in [0, 0.1) is 11.8 Å².